The average molecular weight is 415 g/mol. The van der Waals surface area contributed by atoms with Crippen LogP contribution in [0, 0.1) is 12.7 Å². The van der Waals surface area contributed by atoms with E-state index in [1.54, 1.807) is 24.7 Å². The predicted octanol–water partition coefficient (Wildman–Crippen LogP) is 2.46. The Morgan fingerprint density at radius 1 is 1.33 bits per heavy atom. The Morgan fingerprint density at radius 3 is 2.77 bits per heavy atom. The van der Waals surface area contributed by atoms with Gasteiger partial charge in [-0.2, -0.15) is 4.98 Å². The van der Waals surface area contributed by atoms with Crippen LogP contribution >= 0.6 is 0 Å². The Hall–Kier alpha value is -3.27. The van der Waals surface area contributed by atoms with Crippen molar-refractivity contribution in [1.29, 1.82) is 0 Å². The van der Waals surface area contributed by atoms with Crippen molar-refractivity contribution >= 4 is 28.8 Å². The molecule has 1 aromatic carbocycles. The molecule has 1 N–H and O–H groups in total. The van der Waals surface area contributed by atoms with E-state index >= 15 is 0 Å². The van der Waals surface area contributed by atoms with Crippen LogP contribution in [0.15, 0.2) is 23.1 Å². The quantitative estimate of drug-likeness (QED) is 0.654. The van der Waals surface area contributed by atoms with E-state index in [2.05, 4.69) is 20.0 Å². The van der Waals surface area contributed by atoms with E-state index in [-0.39, 0.29) is 23.2 Å². The first kappa shape index (κ1) is 20.0. The molecule has 1 fully saturated rings. The molecule has 1 saturated heterocycles. The molecule has 0 radical (unpaired) electrons. The first-order chi connectivity index (χ1) is 14.4. The molecule has 3 aromatic rings. The number of methoxy groups -OCH3 is 1. The Bertz CT molecular complexity index is 1180. The summed E-state index contributed by atoms with van der Waals surface area (Å²) in [5.41, 5.74) is 1.85. The number of ether oxygens (including phenoxy) is 2. The number of hydrogen-bond acceptors (Lipinski definition) is 7. The number of anilines is 2. The second kappa shape index (κ2) is 7.86. The number of carbonyl (C=O) groups is 1. The molecule has 1 aliphatic heterocycles. The highest BCUT2D eigenvalue weighted by molar-refractivity contribution is 5.90. The molecule has 0 bridgehead atoms. The monoisotopic (exact) mass is 415 g/mol. The van der Waals surface area contributed by atoms with E-state index in [1.807, 2.05) is 0 Å². The van der Waals surface area contributed by atoms with Crippen LogP contribution in [-0.4, -0.2) is 45.4 Å². The van der Waals surface area contributed by atoms with Crippen LogP contribution in [0.4, 0.5) is 16.0 Å². The number of fused-ring (bicyclic) bond motifs is 1. The van der Waals surface area contributed by atoms with Crippen LogP contribution < -0.4 is 11.0 Å². The summed E-state index contributed by atoms with van der Waals surface area (Å²) in [6.07, 6.45) is 3.02. The number of benzene rings is 1. The minimum Gasteiger partial charge on any atom is -0.465 e. The highest BCUT2D eigenvalue weighted by atomic mass is 19.1. The van der Waals surface area contributed by atoms with Crippen molar-refractivity contribution in [2.75, 3.05) is 25.6 Å². The molecule has 0 amide bonds. The largest absolute Gasteiger partial charge is 0.465 e. The molecular weight excluding hydrogens is 393 g/mol. The van der Waals surface area contributed by atoms with Gasteiger partial charge in [0.25, 0.3) is 0 Å². The van der Waals surface area contributed by atoms with Crippen molar-refractivity contribution in [2.24, 2.45) is 7.05 Å². The zero-order chi connectivity index (χ0) is 21.4. The van der Waals surface area contributed by atoms with Crippen LogP contribution in [0.5, 0.6) is 0 Å². The van der Waals surface area contributed by atoms with Crippen LogP contribution in [0.3, 0.4) is 0 Å². The topological polar surface area (TPSA) is 100 Å². The van der Waals surface area contributed by atoms with Gasteiger partial charge in [0.2, 0.25) is 5.95 Å². The maximum atomic E-state index is 14.3. The summed E-state index contributed by atoms with van der Waals surface area (Å²) in [5, 5.41) is 2.98. The van der Waals surface area contributed by atoms with Crippen LogP contribution in [0.25, 0.3) is 11.2 Å². The molecule has 9 nitrogen and oxygen atoms in total. The molecule has 3 heterocycles. The lowest BCUT2D eigenvalue weighted by Crippen LogP contribution is -2.30. The minimum absolute atomic E-state index is 0.00350. The van der Waals surface area contributed by atoms with E-state index < -0.39 is 11.8 Å². The third kappa shape index (κ3) is 3.43. The number of rotatable bonds is 4. The minimum atomic E-state index is -0.746. The fourth-order valence-corrected chi connectivity index (χ4v) is 3.67. The van der Waals surface area contributed by atoms with Crippen molar-refractivity contribution in [3.05, 3.63) is 45.8 Å². The van der Waals surface area contributed by atoms with Crippen molar-refractivity contribution < 1.29 is 18.7 Å². The molecular formula is C20H22FN5O4. The lowest BCUT2D eigenvalue weighted by atomic mass is 10.1. The van der Waals surface area contributed by atoms with Gasteiger partial charge in [-0.1, -0.05) is 0 Å². The first-order valence-corrected chi connectivity index (χ1v) is 9.58. The molecule has 10 heteroatoms. The molecule has 0 saturated carbocycles. The summed E-state index contributed by atoms with van der Waals surface area (Å²) in [6, 6.07) is 2.60. The van der Waals surface area contributed by atoms with E-state index in [0.717, 1.165) is 12.8 Å². The van der Waals surface area contributed by atoms with Gasteiger partial charge in [-0.3, -0.25) is 9.13 Å². The van der Waals surface area contributed by atoms with Crippen LogP contribution in [-0.2, 0) is 16.5 Å². The maximum Gasteiger partial charge on any atom is 0.340 e. The van der Waals surface area contributed by atoms with Gasteiger partial charge in [-0.25, -0.2) is 19.0 Å². The van der Waals surface area contributed by atoms with Gasteiger partial charge in [0.05, 0.1) is 18.9 Å². The molecule has 2 aromatic heterocycles. The summed E-state index contributed by atoms with van der Waals surface area (Å²) in [5.74, 6) is -1.23. The summed E-state index contributed by atoms with van der Waals surface area (Å²) < 4.78 is 27.5. The average Bonchev–Trinajstić information content (AvgIpc) is 3.00. The molecule has 1 aliphatic rings. The first-order valence-electron chi connectivity index (χ1n) is 9.58. The molecule has 0 atom stereocenters. The fourth-order valence-electron chi connectivity index (χ4n) is 3.67. The Kier molecular flexibility index (Phi) is 5.25. The van der Waals surface area contributed by atoms with E-state index in [0.29, 0.717) is 35.6 Å². The van der Waals surface area contributed by atoms with Crippen LogP contribution in [0.1, 0.15) is 34.8 Å². The zero-order valence-electron chi connectivity index (χ0n) is 16.9. The number of halogens is 1. The lowest BCUT2D eigenvalue weighted by Gasteiger charge is -2.22. The Balaban J connectivity index is 1.73. The molecule has 0 spiro atoms. The molecule has 30 heavy (non-hydrogen) atoms. The highest BCUT2D eigenvalue weighted by Gasteiger charge is 2.23. The highest BCUT2D eigenvalue weighted by Crippen LogP contribution is 2.26. The van der Waals surface area contributed by atoms with Crippen molar-refractivity contribution in [3.8, 4) is 0 Å². The maximum absolute atomic E-state index is 14.3. The summed E-state index contributed by atoms with van der Waals surface area (Å²) in [7, 11) is 2.88. The Labute approximate surface area is 171 Å². The molecule has 0 unspecified atom stereocenters. The van der Waals surface area contributed by atoms with Gasteiger partial charge < -0.3 is 14.8 Å². The smallest absolute Gasteiger partial charge is 0.340 e. The molecule has 0 aliphatic carbocycles. The standard InChI is InChI=1S/C20H22FN5O4/c1-11-8-13(18(27)29-3)14(21)9-15(11)23-19-22-10-16-17(24-19)26(20(28)25(16)2)12-4-6-30-7-5-12/h8-10,12H,4-7H2,1-3H3,(H,22,23,24). The summed E-state index contributed by atoms with van der Waals surface area (Å²) in [4.78, 5) is 33.3. The van der Waals surface area contributed by atoms with E-state index in [4.69, 9.17) is 4.74 Å². The number of esters is 1. The number of aromatic nitrogens is 4. The number of nitrogens with zero attached hydrogens (tertiary/aromatic N) is 4. The van der Waals surface area contributed by atoms with Gasteiger partial charge >= 0.3 is 11.7 Å². The van der Waals surface area contributed by atoms with E-state index in [9.17, 15) is 14.0 Å². The number of nitrogens with one attached hydrogen (secondary N) is 1. The number of carbonyl (C=O) groups excluding carboxylic acids is 1. The molecule has 4 rings (SSSR count). The van der Waals surface area contributed by atoms with Crippen molar-refractivity contribution in [1.82, 2.24) is 19.1 Å². The van der Waals surface area contributed by atoms with Gasteiger partial charge in [0.15, 0.2) is 5.65 Å². The van der Waals surface area contributed by atoms with Gasteiger partial charge in [0, 0.05) is 32.0 Å². The van der Waals surface area contributed by atoms with Gasteiger partial charge in [-0.05, 0) is 37.5 Å². The Morgan fingerprint density at radius 2 is 2.07 bits per heavy atom. The number of imidazole rings is 1. The lowest BCUT2D eigenvalue weighted by molar-refractivity contribution is 0.0595. The van der Waals surface area contributed by atoms with Crippen molar-refractivity contribution in [3.63, 3.8) is 0 Å². The third-order valence-corrected chi connectivity index (χ3v) is 5.35. The van der Waals surface area contributed by atoms with Crippen molar-refractivity contribution in [2.45, 2.75) is 25.8 Å². The number of hydrogen-bond donors (Lipinski definition) is 1. The fraction of sp³-hybridized carbons (Fsp3) is 0.400. The predicted molar refractivity (Wildman–Crippen MR) is 108 cm³/mol. The number of aryl methyl sites for hydroxylation is 2. The molecule has 158 valence electrons. The normalized spacial score (nSPS) is 14.8. The van der Waals surface area contributed by atoms with Gasteiger partial charge in [-0.15, -0.1) is 0 Å². The van der Waals surface area contributed by atoms with Crippen LogP contribution in [0.2, 0.25) is 0 Å². The second-order valence-corrected chi connectivity index (χ2v) is 7.22. The summed E-state index contributed by atoms with van der Waals surface area (Å²) in [6.45, 7) is 2.91. The second-order valence-electron chi connectivity index (χ2n) is 7.22. The van der Waals surface area contributed by atoms with E-state index in [1.165, 1.54) is 23.8 Å². The summed E-state index contributed by atoms with van der Waals surface area (Å²) >= 11 is 0. The van der Waals surface area contributed by atoms with Gasteiger partial charge in [0.1, 0.15) is 11.3 Å². The third-order valence-electron chi connectivity index (χ3n) is 5.35. The zero-order valence-corrected chi connectivity index (χ0v) is 16.9. The SMILES string of the molecule is COC(=O)c1cc(C)c(Nc2ncc3c(n2)n(C2CCOCC2)c(=O)n3C)cc1F.